The van der Waals surface area contributed by atoms with Gasteiger partial charge in [-0.2, -0.15) is 11.8 Å². The number of hydrogen-bond donors (Lipinski definition) is 6. The Morgan fingerprint density at radius 3 is 1.24 bits per heavy atom. The van der Waals surface area contributed by atoms with Crippen LogP contribution in [0.2, 0.25) is 0 Å². The molecule has 7 heteroatoms. The van der Waals surface area contributed by atoms with Crippen molar-refractivity contribution in [2.24, 2.45) is 5.92 Å². The Morgan fingerprint density at radius 2 is 0.848 bits per heavy atom. The SMILES string of the molecule is CCNCCCCNCCCCNCCC(CNCCCCNCCCCNCC)CSC. The van der Waals surface area contributed by atoms with Crippen LogP contribution in [0.15, 0.2) is 0 Å². The van der Waals surface area contributed by atoms with Crippen LogP contribution in [-0.2, 0) is 0 Å². The van der Waals surface area contributed by atoms with E-state index in [0.29, 0.717) is 0 Å². The zero-order valence-corrected chi connectivity index (χ0v) is 23.4. The van der Waals surface area contributed by atoms with Gasteiger partial charge in [-0.1, -0.05) is 13.8 Å². The number of rotatable bonds is 29. The average Bonchev–Trinajstić information content (AvgIpc) is 2.82. The van der Waals surface area contributed by atoms with Gasteiger partial charge in [0.1, 0.15) is 0 Å². The van der Waals surface area contributed by atoms with Crippen LogP contribution in [0.4, 0.5) is 0 Å². The molecule has 0 amide bonds. The molecular formula is C26H60N6S. The first-order chi connectivity index (χ1) is 16.3. The Labute approximate surface area is 211 Å². The molecule has 0 aliphatic carbocycles. The smallest absolute Gasteiger partial charge is 0.00122 e. The normalized spacial score (nSPS) is 12.5. The second-order valence-electron chi connectivity index (χ2n) is 9.10. The minimum atomic E-state index is 0.784. The van der Waals surface area contributed by atoms with Crippen molar-refractivity contribution in [1.29, 1.82) is 0 Å². The van der Waals surface area contributed by atoms with Crippen LogP contribution in [0.1, 0.15) is 71.6 Å². The molecule has 0 aromatic rings. The van der Waals surface area contributed by atoms with Gasteiger partial charge in [0.15, 0.2) is 0 Å². The molecule has 0 heterocycles. The van der Waals surface area contributed by atoms with E-state index < -0.39 is 0 Å². The van der Waals surface area contributed by atoms with Crippen molar-refractivity contribution >= 4 is 11.8 Å². The third-order valence-corrected chi connectivity index (χ3v) is 6.70. The monoisotopic (exact) mass is 488 g/mol. The highest BCUT2D eigenvalue weighted by Crippen LogP contribution is 2.08. The minimum absolute atomic E-state index is 0.784. The summed E-state index contributed by atoms with van der Waals surface area (Å²) in [6.45, 7) is 18.1. The summed E-state index contributed by atoms with van der Waals surface area (Å²) in [6.07, 6.45) is 13.8. The van der Waals surface area contributed by atoms with E-state index in [-0.39, 0.29) is 0 Å². The standard InChI is InChI=1S/C26H60N6S/c1-4-27-15-6-8-17-29-19-10-11-21-31-23-14-26(25-33-3)24-32-22-13-12-20-30-18-9-7-16-28-5-2/h26-32H,4-25H2,1-3H3. The van der Waals surface area contributed by atoms with E-state index in [1.807, 2.05) is 11.8 Å². The molecule has 0 aliphatic heterocycles. The Balaban J connectivity index is 3.38. The molecule has 6 N–H and O–H groups in total. The van der Waals surface area contributed by atoms with Gasteiger partial charge in [0, 0.05) is 0 Å². The van der Waals surface area contributed by atoms with Gasteiger partial charge in [0.05, 0.1) is 0 Å². The molecule has 0 aliphatic rings. The second-order valence-corrected chi connectivity index (χ2v) is 10.0. The van der Waals surface area contributed by atoms with Crippen LogP contribution in [-0.4, -0.2) is 90.5 Å². The molecular weight excluding hydrogens is 428 g/mol. The molecule has 0 saturated heterocycles. The molecule has 0 aromatic heterocycles. The highest BCUT2D eigenvalue weighted by Gasteiger charge is 2.07. The summed E-state index contributed by atoms with van der Waals surface area (Å²) in [4.78, 5) is 0. The van der Waals surface area contributed by atoms with Crippen molar-refractivity contribution in [2.45, 2.75) is 71.6 Å². The molecule has 1 atom stereocenters. The first-order valence-electron chi connectivity index (χ1n) is 14.1. The van der Waals surface area contributed by atoms with E-state index >= 15 is 0 Å². The third-order valence-electron chi connectivity index (χ3n) is 5.89. The minimum Gasteiger partial charge on any atom is -0.317 e. The fourth-order valence-electron chi connectivity index (χ4n) is 3.82. The quantitative estimate of drug-likeness (QED) is 0.0904. The molecule has 0 radical (unpaired) electrons. The van der Waals surface area contributed by atoms with Crippen molar-refractivity contribution in [2.75, 3.05) is 90.5 Å². The predicted octanol–water partition coefficient (Wildman–Crippen LogP) is 3.05. The Kier molecular flexibility index (Phi) is 30.2. The van der Waals surface area contributed by atoms with E-state index in [4.69, 9.17) is 0 Å². The molecule has 0 saturated carbocycles. The Morgan fingerprint density at radius 1 is 0.485 bits per heavy atom. The van der Waals surface area contributed by atoms with Gasteiger partial charge in [-0.15, -0.1) is 0 Å². The highest BCUT2D eigenvalue weighted by atomic mass is 32.2. The lowest BCUT2D eigenvalue weighted by molar-refractivity contribution is 0.459. The summed E-state index contributed by atoms with van der Waals surface area (Å²) in [5.74, 6) is 2.05. The van der Waals surface area contributed by atoms with Gasteiger partial charge in [-0.25, -0.2) is 0 Å². The van der Waals surface area contributed by atoms with Crippen molar-refractivity contribution < 1.29 is 0 Å². The topological polar surface area (TPSA) is 72.2 Å². The van der Waals surface area contributed by atoms with Crippen LogP contribution in [0.3, 0.4) is 0 Å². The van der Waals surface area contributed by atoms with Gasteiger partial charge in [0.2, 0.25) is 0 Å². The molecule has 1 unspecified atom stereocenters. The Bertz CT molecular complexity index is 349. The largest absolute Gasteiger partial charge is 0.317 e. The lowest BCUT2D eigenvalue weighted by Gasteiger charge is -2.17. The third kappa shape index (κ3) is 28.2. The van der Waals surface area contributed by atoms with Gasteiger partial charge >= 0.3 is 0 Å². The van der Waals surface area contributed by atoms with Crippen molar-refractivity contribution in [3.63, 3.8) is 0 Å². The fourth-order valence-corrected chi connectivity index (χ4v) is 4.58. The number of nitrogens with one attached hydrogen (secondary N) is 6. The first-order valence-corrected chi connectivity index (χ1v) is 15.5. The summed E-state index contributed by atoms with van der Waals surface area (Å²) in [7, 11) is 0. The zero-order valence-electron chi connectivity index (χ0n) is 22.5. The summed E-state index contributed by atoms with van der Waals surface area (Å²) in [6, 6.07) is 0. The van der Waals surface area contributed by atoms with E-state index in [2.05, 4.69) is 52.0 Å². The fraction of sp³-hybridized carbons (Fsp3) is 1.00. The van der Waals surface area contributed by atoms with Gasteiger partial charge in [-0.05, 0) is 154 Å². The zero-order chi connectivity index (χ0) is 24.1. The second kappa shape index (κ2) is 30.1. The summed E-state index contributed by atoms with van der Waals surface area (Å²) >= 11 is 1.99. The molecule has 0 rings (SSSR count). The molecule has 6 nitrogen and oxygen atoms in total. The van der Waals surface area contributed by atoms with Crippen LogP contribution < -0.4 is 31.9 Å². The highest BCUT2D eigenvalue weighted by molar-refractivity contribution is 7.98. The van der Waals surface area contributed by atoms with Gasteiger partial charge in [0.25, 0.3) is 0 Å². The van der Waals surface area contributed by atoms with Crippen molar-refractivity contribution in [3.05, 3.63) is 0 Å². The molecule has 0 spiro atoms. The van der Waals surface area contributed by atoms with Crippen LogP contribution >= 0.6 is 11.8 Å². The van der Waals surface area contributed by atoms with Crippen molar-refractivity contribution in [3.8, 4) is 0 Å². The average molecular weight is 489 g/mol. The maximum atomic E-state index is 3.70. The molecule has 0 fully saturated rings. The summed E-state index contributed by atoms with van der Waals surface area (Å²) in [5, 5.41) is 21.3. The van der Waals surface area contributed by atoms with Crippen LogP contribution in [0.25, 0.3) is 0 Å². The lowest BCUT2D eigenvalue weighted by Crippen LogP contribution is -2.29. The summed E-state index contributed by atoms with van der Waals surface area (Å²) < 4.78 is 0. The van der Waals surface area contributed by atoms with Crippen molar-refractivity contribution in [1.82, 2.24) is 31.9 Å². The predicted molar refractivity (Wildman–Crippen MR) is 152 cm³/mol. The molecule has 0 aromatic carbocycles. The molecule has 200 valence electrons. The van der Waals surface area contributed by atoms with Crippen LogP contribution in [0, 0.1) is 5.92 Å². The summed E-state index contributed by atoms with van der Waals surface area (Å²) in [5.41, 5.74) is 0. The molecule has 33 heavy (non-hydrogen) atoms. The number of thioether (sulfide) groups is 1. The van der Waals surface area contributed by atoms with E-state index in [9.17, 15) is 0 Å². The first kappa shape index (κ1) is 33.1. The number of unbranched alkanes of at least 4 members (excludes halogenated alkanes) is 4. The van der Waals surface area contributed by atoms with E-state index in [1.54, 1.807) is 0 Å². The number of hydrogen-bond acceptors (Lipinski definition) is 7. The van der Waals surface area contributed by atoms with Gasteiger partial charge < -0.3 is 31.9 Å². The van der Waals surface area contributed by atoms with E-state index in [1.165, 1.54) is 63.5 Å². The maximum absolute atomic E-state index is 3.70. The Hall–Kier alpha value is 0.110. The van der Waals surface area contributed by atoms with Crippen LogP contribution in [0.5, 0.6) is 0 Å². The lowest BCUT2D eigenvalue weighted by atomic mass is 10.1. The molecule has 0 bridgehead atoms. The van der Waals surface area contributed by atoms with E-state index in [0.717, 1.165) is 84.5 Å². The van der Waals surface area contributed by atoms with Gasteiger partial charge in [-0.3, -0.25) is 0 Å². The maximum Gasteiger partial charge on any atom is -0.00122 e.